The first kappa shape index (κ1) is 5.95. The summed E-state index contributed by atoms with van der Waals surface area (Å²) >= 11 is 0. The predicted molar refractivity (Wildman–Crippen MR) is 36.5 cm³/mol. The molecule has 0 radical (unpaired) electrons. The van der Waals surface area contributed by atoms with E-state index >= 15 is 0 Å². The first-order chi connectivity index (χ1) is 4.33. The maximum atomic E-state index is 8.93. The summed E-state index contributed by atoms with van der Waals surface area (Å²) in [6, 6.07) is 0. The zero-order valence-corrected chi connectivity index (χ0v) is 5.12. The van der Waals surface area contributed by atoms with E-state index < -0.39 is 0 Å². The third kappa shape index (κ3) is 1.35. The Morgan fingerprint density at radius 3 is 3.00 bits per heavy atom. The van der Waals surface area contributed by atoms with Crippen LogP contribution >= 0.6 is 0 Å². The van der Waals surface area contributed by atoms with Crippen molar-refractivity contribution in [3.05, 3.63) is 37.0 Å². The lowest BCUT2D eigenvalue weighted by Gasteiger charge is -2.12. The Labute approximate surface area is 54.4 Å². The van der Waals surface area contributed by atoms with E-state index in [1.807, 2.05) is 12.3 Å². The van der Waals surface area contributed by atoms with Gasteiger partial charge in [0.15, 0.2) is 0 Å². The largest absolute Gasteiger partial charge is 0.510 e. The maximum Gasteiger partial charge on any atom is 0.113 e. The van der Waals surface area contributed by atoms with Crippen LogP contribution in [0.2, 0.25) is 0 Å². The van der Waals surface area contributed by atoms with Gasteiger partial charge < -0.3 is 10.0 Å². The van der Waals surface area contributed by atoms with Crippen LogP contribution < -0.4 is 0 Å². The molecule has 0 saturated heterocycles. The summed E-state index contributed by atoms with van der Waals surface area (Å²) in [5.74, 6) is 0.373. The number of aliphatic hydroxyl groups excluding tert-OH is 1. The molecule has 1 aliphatic heterocycles. The topological polar surface area (TPSA) is 23.5 Å². The van der Waals surface area contributed by atoms with Gasteiger partial charge in [-0.1, -0.05) is 12.7 Å². The highest BCUT2D eigenvalue weighted by molar-refractivity contribution is 5.09. The molecule has 1 aliphatic rings. The molecular formula is C7H9NO. The van der Waals surface area contributed by atoms with Gasteiger partial charge in [-0.25, -0.2) is 0 Å². The molecule has 0 fully saturated rings. The van der Waals surface area contributed by atoms with E-state index in [2.05, 4.69) is 6.58 Å². The van der Waals surface area contributed by atoms with E-state index in [1.54, 1.807) is 17.3 Å². The molecule has 0 spiro atoms. The second-order valence-electron chi connectivity index (χ2n) is 1.84. The van der Waals surface area contributed by atoms with Gasteiger partial charge >= 0.3 is 0 Å². The highest BCUT2D eigenvalue weighted by atomic mass is 16.3. The van der Waals surface area contributed by atoms with Crippen LogP contribution in [-0.4, -0.2) is 10.0 Å². The Kier molecular flexibility index (Phi) is 1.58. The SMILES string of the molecule is C=CN1C=CCC(O)=C1. The minimum atomic E-state index is 0.373. The molecule has 0 saturated carbocycles. The van der Waals surface area contributed by atoms with Gasteiger partial charge in [0.05, 0.1) is 0 Å². The van der Waals surface area contributed by atoms with Crippen LogP contribution in [0.3, 0.4) is 0 Å². The zero-order chi connectivity index (χ0) is 6.69. The molecule has 0 aliphatic carbocycles. The quantitative estimate of drug-likeness (QED) is 0.574. The van der Waals surface area contributed by atoms with Gasteiger partial charge in [0, 0.05) is 25.0 Å². The fraction of sp³-hybridized carbons (Fsp3) is 0.143. The lowest BCUT2D eigenvalue weighted by Crippen LogP contribution is -2.03. The number of hydrogen-bond donors (Lipinski definition) is 1. The molecule has 2 nitrogen and oxygen atoms in total. The lowest BCUT2D eigenvalue weighted by atomic mass is 10.3. The van der Waals surface area contributed by atoms with E-state index in [0.29, 0.717) is 12.2 Å². The third-order valence-electron chi connectivity index (χ3n) is 1.11. The van der Waals surface area contributed by atoms with Gasteiger partial charge in [-0.05, 0) is 0 Å². The molecule has 1 rings (SSSR count). The predicted octanol–water partition coefficient (Wildman–Crippen LogP) is 1.75. The van der Waals surface area contributed by atoms with Crippen molar-refractivity contribution in [3.63, 3.8) is 0 Å². The molecule has 9 heavy (non-hydrogen) atoms. The highest BCUT2D eigenvalue weighted by Crippen LogP contribution is 2.07. The fourth-order valence-corrected chi connectivity index (χ4v) is 0.677. The van der Waals surface area contributed by atoms with Gasteiger partial charge in [0.1, 0.15) is 5.76 Å². The molecule has 1 heterocycles. The molecule has 0 aromatic heterocycles. The first-order valence-electron chi connectivity index (χ1n) is 2.79. The number of rotatable bonds is 1. The van der Waals surface area contributed by atoms with E-state index in [9.17, 15) is 0 Å². The summed E-state index contributed by atoms with van der Waals surface area (Å²) in [6.07, 6.45) is 7.62. The summed E-state index contributed by atoms with van der Waals surface area (Å²) in [5.41, 5.74) is 0. The second kappa shape index (κ2) is 2.40. The van der Waals surface area contributed by atoms with Crippen molar-refractivity contribution in [3.8, 4) is 0 Å². The Balaban J connectivity index is 2.65. The van der Waals surface area contributed by atoms with Crippen molar-refractivity contribution in [1.29, 1.82) is 0 Å². The van der Waals surface area contributed by atoms with Gasteiger partial charge in [-0.3, -0.25) is 0 Å². The average Bonchev–Trinajstić information content (AvgIpc) is 1.88. The average molecular weight is 123 g/mol. The molecular weight excluding hydrogens is 114 g/mol. The van der Waals surface area contributed by atoms with Gasteiger partial charge in [0.25, 0.3) is 0 Å². The summed E-state index contributed by atoms with van der Waals surface area (Å²) < 4.78 is 0. The van der Waals surface area contributed by atoms with Crippen molar-refractivity contribution < 1.29 is 5.11 Å². The Morgan fingerprint density at radius 2 is 2.56 bits per heavy atom. The molecule has 48 valence electrons. The van der Waals surface area contributed by atoms with Crippen LogP contribution in [-0.2, 0) is 0 Å². The molecule has 0 amide bonds. The number of allylic oxidation sites excluding steroid dienone is 1. The van der Waals surface area contributed by atoms with Crippen molar-refractivity contribution in [1.82, 2.24) is 4.90 Å². The van der Waals surface area contributed by atoms with E-state index in [-0.39, 0.29) is 0 Å². The van der Waals surface area contributed by atoms with Crippen molar-refractivity contribution >= 4 is 0 Å². The van der Waals surface area contributed by atoms with E-state index in [4.69, 9.17) is 5.11 Å². The third-order valence-corrected chi connectivity index (χ3v) is 1.11. The maximum absolute atomic E-state index is 8.93. The van der Waals surface area contributed by atoms with Crippen LogP contribution in [0, 0.1) is 0 Å². The standard InChI is InChI=1S/C7H9NO/c1-2-8-5-3-4-7(9)6-8/h2-3,5-6,9H,1,4H2. The van der Waals surface area contributed by atoms with Crippen molar-refractivity contribution in [2.75, 3.05) is 0 Å². The minimum Gasteiger partial charge on any atom is -0.510 e. The Hall–Kier alpha value is -1.18. The fourth-order valence-electron chi connectivity index (χ4n) is 0.677. The van der Waals surface area contributed by atoms with Crippen molar-refractivity contribution in [2.24, 2.45) is 0 Å². The van der Waals surface area contributed by atoms with Crippen LogP contribution in [0.5, 0.6) is 0 Å². The van der Waals surface area contributed by atoms with Crippen molar-refractivity contribution in [2.45, 2.75) is 6.42 Å². The normalized spacial score (nSPS) is 17.3. The number of aliphatic hydroxyl groups is 1. The van der Waals surface area contributed by atoms with Crippen LogP contribution in [0.1, 0.15) is 6.42 Å². The minimum absolute atomic E-state index is 0.373. The van der Waals surface area contributed by atoms with Gasteiger partial charge in [-0.2, -0.15) is 0 Å². The Morgan fingerprint density at radius 1 is 1.78 bits per heavy atom. The van der Waals surface area contributed by atoms with E-state index in [0.717, 1.165) is 0 Å². The summed E-state index contributed by atoms with van der Waals surface area (Å²) in [4.78, 5) is 1.71. The smallest absolute Gasteiger partial charge is 0.113 e. The summed E-state index contributed by atoms with van der Waals surface area (Å²) in [7, 11) is 0. The zero-order valence-electron chi connectivity index (χ0n) is 5.12. The monoisotopic (exact) mass is 123 g/mol. The number of hydrogen-bond acceptors (Lipinski definition) is 2. The summed E-state index contributed by atoms with van der Waals surface area (Å²) in [6.45, 7) is 3.54. The van der Waals surface area contributed by atoms with Crippen LogP contribution in [0.15, 0.2) is 37.0 Å². The molecule has 0 unspecified atom stereocenters. The van der Waals surface area contributed by atoms with Crippen LogP contribution in [0.4, 0.5) is 0 Å². The molecule has 1 N–H and O–H groups in total. The Bertz CT molecular complexity index is 170. The van der Waals surface area contributed by atoms with Gasteiger partial charge in [-0.15, -0.1) is 0 Å². The molecule has 0 atom stereocenters. The molecule has 0 aromatic carbocycles. The number of nitrogens with zero attached hydrogens (tertiary/aromatic N) is 1. The molecule has 0 bridgehead atoms. The first-order valence-corrected chi connectivity index (χ1v) is 2.79. The summed E-state index contributed by atoms with van der Waals surface area (Å²) in [5, 5.41) is 8.93. The highest BCUT2D eigenvalue weighted by Gasteiger charge is 1.97. The molecule has 0 aromatic rings. The lowest BCUT2D eigenvalue weighted by molar-refractivity contribution is 0.381. The second-order valence-corrected chi connectivity index (χ2v) is 1.84. The molecule has 2 heteroatoms. The van der Waals surface area contributed by atoms with Gasteiger partial charge in [0.2, 0.25) is 0 Å². The van der Waals surface area contributed by atoms with E-state index in [1.165, 1.54) is 0 Å². The van der Waals surface area contributed by atoms with Crippen LogP contribution in [0.25, 0.3) is 0 Å².